The van der Waals surface area contributed by atoms with Crippen LogP contribution in [-0.4, -0.2) is 70.0 Å². The van der Waals surface area contributed by atoms with Crippen LogP contribution >= 0.6 is 7.82 Å². The number of nitrogens with zero attached hydrogens (tertiary/aromatic N) is 1. The predicted molar refractivity (Wildman–Crippen MR) is 434 cm³/mol. The molecule has 0 radical (unpaired) electrons. The summed E-state index contributed by atoms with van der Waals surface area (Å²) in [6.07, 6.45) is 117. The quantitative estimate of drug-likeness (QED) is 0.0195. The maximum absolute atomic E-state index is 12.9. The van der Waals surface area contributed by atoms with Crippen molar-refractivity contribution in [2.45, 2.75) is 367 Å². The fraction of sp³-hybridized carbons (Fsp3) is 0.711. The molecule has 2 unspecified atom stereocenters. The molecule has 0 aliphatic heterocycles. The third kappa shape index (κ3) is 82.8. The lowest BCUT2D eigenvalue weighted by atomic mass is 10.0. The standard InChI is InChI=1S/C90H156NO8P/c1-6-8-10-12-14-16-18-20-22-24-26-28-30-32-34-36-38-40-42-43-44-45-46-47-49-50-52-54-56-58-60-62-64-66-68-70-72-74-76-78-80-82-89(92)96-86-88(87-98-100(94,95)97-85-84-91(3,4)5)99-90(93)83-81-79-77-75-73-71-69-67-65-63-61-59-57-55-53-51-48-41-39-37-35-33-31-29-27-25-23-21-19-17-15-13-11-9-7-2/h8-11,14-17,20-23,26-29,33,35,39,41,51,53,57,59,88H,6-7,12-13,18-19,24-25,30-32,34,36-38,40,42-50,52,54-56,58,60-87H2,1-5H3/b10-8-,11-9-,16-14-,17-15-,22-20-,23-21-,28-26-,29-27-,35-33-,41-39-,53-51-,59-57-. The van der Waals surface area contributed by atoms with Crippen LogP contribution in [0.4, 0.5) is 0 Å². The van der Waals surface area contributed by atoms with E-state index in [1.54, 1.807) is 0 Å². The van der Waals surface area contributed by atoms with Gasteiger partial charge in [-0.1, -0.05) is 378 Å². The number of esters is 2. The van der Waals surface area contributed by atoms with E-state index < -0.39 is 26.5 Å². The summed E-state index contributed by atoms with van der Waals surface area (Å²) < 4.78 is 34.4. The Morgan fingerprint density at radius 1 is 0.310 bits per heavy atom. The van der Waals surface area contributed by atoms with E-state index in [2.05, 4.69) is 160 Å². The number of allylic oxidation sites excluding steroid dienone is 24. The molecule has 0 aromatic carbocycles. The molecule has 2 atom stereocenters. The summed E-state index contributed by atoms with van der Waals surface area (Å²) in [6.45, 7) is 4.04. The predicted octanol–water partition coefficient (Wildman–Crippen LogP) is 27.4. The van der Waals surface area contributed by atoms with Gasteiger partial charge in [0.1, 0.15) is 19.8 Å². The number of quaternary nitrogens is 1. The molecule has 0 aliphatic carbocycles. The van der Waals surface area contributed by atoms with Crippen molar-refractivity contribution in [2.24, 2.45) is 0 Å². The van der Waals surface area contributed by atoms with Gasteiger partial charge >= 0.3 is 11.9 Å². The normalized spacial score (nSPS) is 13.8. The summed E-state index contributed by atoms with van der Waals surface area (Å²) in [5, 5.41) is 0. The molecule has 574 valence electrons. The van der Waals surface area contributed by atoms with Crippen molar-refractivity contribution in [1.29, 1.82) is 0 Å². The molecule has 0 fully saturated rings. The average Bonchev–Trinajstić information content (AvgIpc) is 1.65. The Hall–Kier alpha value is -4.11. The summed E-state index contributed by atoms with van der Waals surface area (Å²) >= 11 is 0. The molecule has 0 aromatic rings. The number of rotatable bonds is 76. The van der Waals surface area contributed by atoms with Gasteiger partial charge in [-0.3, -0.25) is 14.2 Å². The summed E-state index contributed by atoms with van der Waals surface area (Å²) in [5.74, 6) is -0.830. The van der Waals surface area contributed by atoms with Crippen molar-refractivity contribution in [2.75, 3.05) is 47.5 Å². The van der Waals surface area contributed by atoms with Gasteiger partial charge in [0, 0.05) is 12.8 Å². The minimum Gasteiger partial charge on any atom is -0.756 e. The average molecular weight is 1410 g/mol. The van der Waals surface area contributed by atoms with Crippen LogP contribution in [0.2, 0.25) is 0 Å². The van der Waals surface area contributed by atoms with E-state index in [9.17, 15) is 19.0 Å². The second kappa shape index (κ2) is 79.0. The molecule has 0 saturated carbocycles. The first-order chi connectivity index (χ1) is 49.0. The molecule has 9 nitrogen and oxygen atoms in total. The molecule has 0 N–H and O–H groups in total. The van der Waals surface area contributed by atoms with Gasteiger partial charge in [0.25, 0.3) is 7.82 Å². The highest BCUT2D eigenvalue weighted by atomic mass is 31.2. The minimum absolute atomic E-state index is 0.0356. The van der Waals surface area contributed by atoms with Gasteiger partial charge in [-0.05, 0) is 116 Å². The van der Waals surface area contributed by atoms with Gasteiger partial charge in [-0.2, -0.15) is 0 Å². The zero-order valence-electron chi connectivity index (χ0n) is 65.6. The molecule has 100 heavy (non-hydrogen) atoms. The van der Waals surface area contributed by atoms with Crippen LogP contribution in [0.5, 0.6) is 0 Å². The zero-order chi connectivity index (χ0) is 72.5. The highest BCUT2D eigenvalue weighted by molar-refractivity contribution is 7.45. The number of unbranched alkanes of at least 4 members (excludes halogenated alkanes) is 38. The Kier molecular flexibility index (Phi) is 75.8. The van der Waals surface area contributed by atoms with E-state index in [1.165, 1.54) is 205 Å². The number of ether oxygens (including phenoxy) is 2. The largest absolute Gasteiger partial charge is 0.756 e. The number of hydrogen-bond donors (Lipinski definition) is 0. The van der Waals surface area contributed by atoms with Gasteiger partial charge < -0.3 is 27.9 Å². The van der Waals surface area contributed by atoms with Crippen molar-refractivity contribution in [3.8, 4) is 0 Å². The van der Waals surface area contributed by atoms with Gasteiger partial charge in [0.05, 0.1) is 27.7 Å². The molecule has 0 aliphatic rings. The monoisotopic (exact) mass is 1410 g/mol. The first-order valence-electron chi connectivity index (χ1n) is 41.5. The molecule has 0 bridgehead atoms. The molecule has 10 heteroatoms. The smallest absolute Gasteiger partial charge is 0.306 e. The van der Waals surface area contributed by atoms with Gasteiger partial charge in [-0.15, -0.1) is 0 Å². The highest BCUT2D eigenvalue weighted by Crippen LogP contribution is 2.38. The van der Waals surface area contributed by atoms with Crippen molar-refractivity contribution in [3.63, 3.8) is 0 Å². The number of carbonyl (C=O) groups excluding carboxylic acids is 2. The Balaban J connectivity index is 3.95. The minimum atomic E-state index is -4.65. The van der Waals surface area contributed by atoms with Crippen LogP contribution in [0.15, 0.2) is 146 Å². The van der Waals surface area contributed by atoms with Crippen molar-refractivity contribution in [3.05, 3.63) is 146 Å². The van der Waals surface area contributed by atoms with Gasteiger partial charge in [-0.25, -0.2) is 0 Å². The third-order valence-electron chi connectivity index (χ3n) is 17.9. The highest BCUT2D eigenvalue weighted by Gasteiger charge is 2.22. The molecular formula is C90H156NO8P. The lowest BCUT2D eigenvalue weighted by Crippen LogP contribution is -2.37. The number of carbonyl (C=O) groups is 2. The van der Waals surface area contributed by atoms with Crippen molar-refractivity contribution >= 4 is 19.8 Å². The molecule has 0 amide bonds. The number of hydrogen-bond acceptors (Lipinski definition) is 8. The molecule has 0 spiro atoms. The summed E-state index contributed by atoms with van der Waals surface area (Å²) in [5.41, 5.74) is 0. The summed E-state index contributed by atoms with van der Waals surface area (Å²) in [7, 11) is 1.16. The fourth-order valence-corrected chi connectivity index (χ4v) is 12.3. The Labute approximate surface area is 618 Å². The maximum atomic E-state index is 12.9. The molecular weight excluding hydrogens is 1250 g/mol. The fourth-order valence-electron chi connectivity index (χ4n) is 11.6. The van der Waals surface area contributed by atoms with Crippen LogP contribution in [0.3, 0.4) is 0 Å². The van der Waals surface area contributed by atoms with E-state index in [4.69, 9.17) is 18.5 Å². The first kappa shape index (κ1) is 95.9. The zero-order valence-corrected chi connectivity index (χ0v) is 66.5. The van der Waals surface area contributed by atoms with Crippen LogP contribution in [0, 0.1) is 0 Å². The lowest BCUT2D eigenvalue weighted by molar-refractivity contribution is -0.870. The second-order valence-corrected chi connectivity index (χ2v) is 30.1. The van der Waals surface area contributed by atoms with E-state index in [0.29, 0.717) is 17.4 Å². The van der Waals surface area contributed by atoms with Crippen LogP contribution < -0.4 is 4.89 Å². The molecule has 0 heterocycles. The van der Waals surface area contributed by atoms with E-state index in [-0.39, 0.29) is 32.0 Å². The third-order valence-corrected chi connectivity index (χ3v) is 18.8. The van der Waals surface area contributed by atoms with Crippen LogP contribution in [-0.2, 0) is 32.7 Å². The first-order valence-corrected chi connectivity index (χ1v) is 43.0. The van der Waals surface area contributed by atoms with Crippen molar-refractivity contribution < 1.29 is 42.1 Å². The summed E-state index contributed by atoms with van der Waals surface area (Å²) in [6, 6.07) is 0. The Bertz CT molecular complexity index is 2210. The number of phosphoric acid groups is 1. The Morgan fingerprint density at radius 3 is 0.800 bits per heavy atom. The second-order valence-electron chi connectivity index (χ2n) is 28.7. The van der Waals surface area contributed by atoms with Crippen molar-refractivity contribution in [1.82, 2.24) is 0 Å². The summed E-state index contributed by atoms with van der Waals surface area (Å²) in [4.78, 5) is 38.2. The van der Waals surface area contributed by atoms with Crippen LogP contribution in [0.1, 0.15) is 361 Å². The number of phosphoric ester groups is 1. The van der Waals surface area contributed by atoms with Gasteiger partial charge in [0.15, 0.2) is 6.10 Å². The van der Waals surface area contributed by atoms with E-state index in [0.717, 1.165) is 122 Å². The molecule has 0 aromatic heterocycles. The SMILES string of the molecule is CC/C=C\C/C=C\C/C=C\C/C=C\C/C=C\C/C=C\C/C=C\C/C=C\CCCCCCCCCCCCC(=O)OC(COC(=O)CCCCCCCCCCCCCCCCCCCCCCCCCCCCCC/C=C\C/C=C\C/C=C\C/C=C\CC)COP(=O)([O-])OCC[N+](C)(C)C. The Morgan fingerprint density at radius 2 is 0.540 bits per heavy atom. The van der Waals surface area contributed by atoms with E-state index >= 15 is 0 Å². The molecule has 0 rings (SSSR count). The number of likely N-dealkylation sites (N-methyl/N-ethyl adjacent to an activating group) is 1. The maximum Gasteiger partial charge on any atom is 0.306 e. The van der Waals surface area contributed by atoms with Crippen LogP contribution in [0.25, 0.3) is 0 Å². The van der Waals surface area contributed by atoms with E-state index in [1.807, 2.05) is 21.1 Å². The lowest BCUT2D eigenvalue weighted by Gasteiger charge is -2.28. The van der Waals surface area contributed by atoms with Gasteiger partial charge in [0.2, 0.25) is 0 Å². The topological polar surface area (TPSA) is 111 Å². The molecule has 0 saturated heterocycles.